The Morgan fingerprint density at radius 3 is 2.29 bits per heavy atom. The summed E-state index contributed by atoms with van der Waals surface area (Å²) in [6.07, 6.45) is 0.317. The molecule has 8 nitrogen and oxygen atoms in total. The molecule has 0 aliphatic rings. The molecule has 9 heteroatoms. The average Bonchev–Trinajstić information content (AvgIpc) is 2.51. The van der Waals surface area contributed by atoms with Crippen LogP contribution >= 0.6 is 0 Å². The number of rotatable bonds is 8. The van der Waals surface area contributed by atoms with Crippen molar-refractivity contribution in [3.63, 3.8) is 0 Å². The Hall–Kier alpha value is -2.13. The minimum atomic E-state index is -3.56. The number of carbonyl (C=O) groups is 2. The van der Waals surface area contributed by atoms with Gasteiger partial charge in [-0.25, -0.2) is 13.2 Å². The molecule has 24 heavy (non-hydrogen) atoms. The molecule has 0 bridgehead atoms. The molecule has 2 amide bonds. The summed E-state index contributed by atoms with van der Waals surface area (Å²) in [4.78, 5) is 22.1. The minimum Gasteiger partial charge on any atom is -0.481 e. The molecule has 0 radical (unpaired) electrons. The lowest BCUT2D eigenvalue weighted by molar-refractivity contribution is -0.137. The normalized spacial score (nSPS) is 11.5. The number of amides is 2. The Labute approximate surface area is 141 Å². The number of hydrogen-bond acceptors (Lipinski definition) is 4. The number of urea groups is 1. The lowest BCUT2D eigenvalue weighted by atomic mass is 10.3. The maximum Gasteiger partial charge on any atom is 0.319 e. The molecule has 0 saturated carbocycles. The zero-order valence-electron chi connectivity index (χ0n) is 13.9. The Bertz CT molecular complexity index is 671. The van der Waals surface area contributed by atoms with E-state index in [1.807, 2.05) is 0 Å². The number of sulfonamides is 1. The van der Waals surface area contributed by atoms with Gasteiger partial charge in [-0.3, -0.25) is 4.79 Å². The highest BCUT2D eigenvalue weighted by atomic mass is 32.2. The molecule has 0 fully saturated rings. The lowest BCUT2D eigenvalue weighted by Crippen LogP contribution is -2.33. The van der Waals surface area contributed by atoms with Crippen molar-refractivity contribution in [2.24, 2.45) is 0 Å². The Morgan fingerprint density at radius 1 is 1.21 bits per heavy atom. The van der Waals surface area contributed by atoms with Crippen LogP contribution in [0.5, 0.6) is 0 Å². The first kappa shape index (κ1) is 19.9. The van der Waals surface area contributed by atoms with Crippen molar-refractivity contribution in [2.45, 2.75) is 37.6 Å². The van der Waals surface area contributed by atoms with E-state index < -0.39 is 22.0 Å². The first-order valence-electron chi connectivity index (χ1n) is 7.49. The van der Waals surface area contributed by atoms with E-state index in [0.717, 1.165) is 0 Å². The summed E-state index contributed by atoms with van der Waals surface area (Å²) < 4.78 is 25.9. The van der Waals surface area contributed by atoms with Gasteiger partial charge in [-0.15, -0.1) is 0 Å². The first-order chi connectivity index (χ1) is 11.1. The van der Waals surface area contributed by atoms with Gasteiger partial charge in [-0.2, -0.15) is 4.31 Å². The van der Waals surface area contributed by atoms with Crippen molar-refractivity contribution in [2.75, 3.05) is 18.9 Å². The van der Waals surface area contributed by atoms with E-state index in [-0.39, 0.29) is 23.9 Å². The fraction of sp³-hybridized carbons (Fsp3) is 0.467. The van der Waals surface area contributed by atoms with Crippen molar-refractivity contribution in [3.8, 4) is 0 Å². The van der Waals surface area contributed by atoms with E-state index in [9.17, 15) is 18.0 Å². The number of benzene rings is 1. The van der Waals surface area contributed by atoms with Crippen molar-refractivity contribution in [1.82, 2.24) is 9.62 Å². The van der Waals surface area contributed by atoms with Gasteiger partial charge in [0.1, 0.15) is 0 Å². The van der Waals surface area contributed by atoms with Crippen LogP contribution in [0, 0.1) is 0 Å². The Kier molecular flexibility index (Phi) is 7.18. The predicted octanol–water partition coefficient (Wildman–Crippen LogP) is 1.70. The maximum atomic E-state index is 12.3. The average molecular weight is 357 g/mol. The second-order valence-corrected chi connectivity index (χ2v) is 7.52. The summed E-state index contributed by atoms with van der Waals surface area (Å²) in [5, 5.41) is 13.6. The third-order valence-corrected chi connectivity index (χ3v) is 5.42. The molecule has 134 valence electrons. The highest BCUT2D eigenvalue weighted by Crippen LogP contribution is 2.18. The maximum absolute atomic E-state index is 12.3. The van der Waals surface area contributed by atoms with Crippen LogP contribution in [0.3, 0.4) is 0 Å². The number of carbonyl (C=O) groups excluding carboxylic acids is 1. The summed E-state index contributed by atoms with van der Waals surface area (Å²) in [6.45, 7) is 3.80. The fourth-order valence-electron chi connectivity index (χ4n) is 1.77. The largest absolute Gasteiger partial charge is 0.481 e. The second kappa shape index (κ2) is 8.65. The van der Waals surface area contributed by atoms with E-state index in [1.165, 1.54) is 35.6 Å². The lowest BCUT2D eigenvalue weighted by Gasteiger charge is -2.21. The van der Waals surface area contributed by atoms with Gasteiger partial charge in [-0.05, 0) is 44.5 Å². The number of anilines is 1. The van der Waals surface area contributed by atoms with E-state index >= 15 is 0 Å². The van der Waals surface area contributed by atoms with Gasteiger partial charge in [0.2, 0.25) is 10.0 Å². The number of aliphatic carboxylic acids is 1. The number of carboxylic acid groups (broad SMARTS) is 1. The summed E-state index contributed by atoms with van der Waals surface area (Å²) >= 11 is 0. The molecule has 3 N–H and O–H groups in total. The molecule has 0 unspecified atom stereocenters. The molecule has 0 spiro atoms. The molecule has 1 rings (SSSR count). The van der Waals surface area contributed by atoms with Crippen molar-refractivity contribution >= 4 is 27.7 Å². The number of nitrogens with zero attached hydrogens (tertiary/aromatic N) is 1. The monoisotopic (exact) mass is 357 g/mol. The van der Waals surface area contributed by atoms with E-state index in [1.54, 1.807) is 13.8 Å². The van der Waals surface area contributed by atoms with Crippen molar-refractivity contribution in [3.05, 3.63) is 24.3 Å². The van der Waals surface area contributed by atoms with Crippen molar-refractivity contribution in [1.29, 1.82) is 0 Å². The zero-order valence-corrected chi connectivity index (χ0v) is 14.8. The van der Waals surface area contributed by atoms with Crippen LogP contribution in [-0.2, 0) is 14.8 Å². The van der Waals surface area contributed by atoms with Crippen LogP contribution in [0.2, 0.25) is 0 Å². The van der Waals surface area contributed by atoms with Gasteiger partial charge in [0.25, 0.3) is 0 Å². The van der Waals surface area contributed by atoms with Gasteiger partial charge in [0, 0.05) is 31.7 Å². The zero-order chi connectivity index (χ0) is 18.3. The van der Waals surface area contributed by atoms with Crippen LogP contribution in [0.4, 0.5) is 10.5 Å². The van der Waals surface area contributed by atoms with E-state index in [4.69, 9.17) is 5.11 Å². The van der Waals surface area contributed by atoms with Gasteiger partial charge in [-0.1, -0.05) is 0 Å². The third-order valence-electron chi connectivity index (χ3n) is 3.37. The van der Waals surface area contributed by atoms with Crippen LogP contribution in [0.25, 0.3) is 0 Å². The summed E-state index contributed by atoms with van der Waals surface area (Å²) in [7, 11) is -2.05. The summed E-state index contributed by atoms with van der Waals surface area (Å²) in [6, 6.07) is 5.21. The number of hydrogen-bond donors (Lipinski definition) is 3. The van der Waals surface area contributed by atoms with E-state index in [0.29, 0.717) is 12.1 Å². The van der Waals surface area contributed by atoms with Crippen LogP contribution in [0.15, 0.2) is 29.2 Å². The van der Waals surface area contributed by atoms with Gasteiger partial charge >= 0.3 is 12.0 Å². The molecule has 0 aromatic heterocycles. The molecule has 0 atom stereocenters. The number of nitrogens with one attached hydrogen (secondary N) is 2. The molecule has 0 heterocycles. The molecular formula is C15H23N3O5S. The molecule has 0 aliphatic carbocycles. The fourth-order valence-corrected chi connectivity index (χ4v) is 3.14. The third kappa shape index (κ3) is 5.82. The molecule has 0 saturated heterocycles. The standard InChI is InChI=1S/C15H23N3O5S/c1-11(2)18(3)24(22,23)13-8-6-12(7-9-13)17-15(21)16-10-4-5-14(19)20/h6-9,11H,4-5,10H2,1-3H3,(H,19,20)(H2,16,17,21). The molecule has 0 aliphatic heterocycles. The molecular weight excluding hydrogens is 334 g/mol. The van der Waals surface area contributed by atoms with E-state index in [2.05, 4.69) is 10.6 Å². The highest BCUT2D eigenvalue weighted by molar-refractivity contribution is 7.89. The quantitative estimate of drug-likeness (QED) is 0.613. The number of carboxylic acids is 1. The van der Waals surface area contributed by atoms with Crippen molar-refractivity contribution < 1.29 is 23.1 Å². The SMILES string of the molecule is CC(C)N(C)S(=O)(=O)c1ccc(NC(=O)NCCCC(=O)O)cc1. The molecule has 1 aromatic rings. The highest BCUT2D eigenvalue weighted by Gasteiger charge is 2.22. The van der Waals surface area contributed by atoms with Crippen LogP contribution in [0.1, 0.15) is 26.7 Å². The summed E-state index contributed by atoms with van der Waals surface area (Å²) in [5.74, 6) is -0.916. The smallest absolute Gasteiger partial charge is 0.319 e. The second-order valence-electron chi connectivity index (χ2n) is 5.52. The van der Waals surface area contributed by atoms with Gasteiger partial charge < -0.3 is 15.7 Å². The minimum absolute atomic E-state index is 0.0177. The topological polar surface area (TPSA) is 116 Å². The Balaban J connectivity index is 2.62. The van der Waals surface area contributed by atoms with Gasteiger partial charge in [0.15, 0.2) is 0 Å². The molecule has 1 aromatic carbocycles. The van der Waals surface area contributed by atoms with Gasteiger partial charge in [0.05, 0.1) is 4.90 Å². The van der Waals surface area contributed by atoms with Crippen LogP contribution in [-0.4, -0.2) is 49.5 Å². The predicted molar refractivity (Wildman–Crippen MR) is 90.4 cm³/mol. The Morgan fingerprint density at radius 2 is 1.79 bits per heavy atom. The van der Waals surface area contributed by atoms with Crippen LogP contribution < -0.4 is 10.6 Å². The first-order valence-corrected chi connectivity index (χ1v) is 8.93. The summed E-state index contributed by atoms with van der Waals surface area (Å²) in [5.41, 5.74) is 0.442.